The van der Waals surface area contributed by atoms with Gasteiger partial charge in [-0.2, -0.15) is 0 Å². The second-order valence-corrected chi connectivity index (χ2v) is 6.68. The summed E-state index contributed by atoms with van der Waals surface area (Å²) >= 11 is 0. The highest BCUT2D eigenvalue weighted by Crippen LogP contribution is 2.23. The fourth-order valence-corrected chi connectivity index (χ4v) is 3.44. The summed E-state index contributed by atoms with van der Waals surface area (Å²) in [7, 11) is 1.87. The molecule has 1 fully saturated rings. The predicted octanol–water partition coefficient (Wildman–Crippen LogP) is 1.39. The number of hydrogen-bond donors (Lipinski definition) is 0. The van der Waals surface area contributed by atoms with Crippen LogP contribution in [0.2, 0.25) is 0 Å². The zero-order valence-corrected chi connectivity index (χ0v) is 14.7. The van der Waals surface area contributed by atoms with Gasteiger partial charge in [0.2, 0.25) is 5.91 Å². The van der Waals surface area contributed by atoms with Crippen molar-refractivity contribution < 1.29 is 4.79 Å². The number of hydrogen-bond acceptors (Lipinski definition) is 6. The van der Waals surface area contributed by atoms with Crippen LogP contribution in [0.15, 0.2) is 42.5 Å². The molecule has 2 aromatic heterocycles. The Hall–Kier alpha value is -3.03. The lowest BCUT2D eigenvalue weighted by Gasteiger charge is -2.34. The molecule has 0 aliphatic carbocycles. The van der Waals surface area contributed by atoms with Crippen LogP contribution in [0.4, 0.5) is 5.82 Å². The second kappa shape index (κ2) is 7.07. The van der Waals surface area contributed by atoms with Gasteiger partial charge in [0.1, 0.15) is 0 Å². The van der Waals surface area contributed by atoms with Gasteiger partial charge in [-0.15, -0.1) is 14.8 Å². The minimum atomic E-state index is -0.0242. The zero-order chi connectivity index (χ0) is 17.9. The van der Waals surface area contributed by atoms with Gasteiger partial charge in [0, 0.05) is 26.7 Å². The molecular weight excluding hydrogens is 330 g/mol. The van der Waals surface area contributed by atoms with Crippen molar-refractivity contribution in [3.05, 3.63) is 48.0 Å². The van der Waals surface area contributed by atoms with Crippen molar-refractivity contribution in [2.24, 2.45) is 5.92 Å². The molecule has 26 heavy (non-hydrogen) atoms. The predicted molar refractivity (Wildman–Crippen MR) is 96.4 cm³/mol. The average Bonchev–Trinajstić information content (AvgIpc) is 3.16. The summed E-state index contributed by atoms with van der Waals surface area (Å²) in [5.74, 6) is 0.957. The second-order valence-electron chi connectivity index (χ2n) is 6.68. The summed E-state index contributed by atoms with van der Waals surface area (Å²) in [5, 5.41) is 15.8. The molecule has 0 saturated carbocycles. The Labute approximate surface area is 151 Å². The molecule has 1 amide bonds. The Kier molecular flexibility index (Phi) is 4.47. The SMILES string of the molecule is CN(Cc1ccccc1)C(=O)[C@H]1CCCN(c2ccc3nnnn3n2)C1. The molecule has 8 nitrogen and oxygen atoms in total. The maximum atomic E-state index is 12.9. The van der Waals surface area contributed by atoms with Crippen LogP contribution >= 0.6 is 0 Å². The Bertz CT molecular complexity index is 895. The molecule has 0 spiro atoms. The van der Waals surface area contributed by atoms with Crippen LogP contribution in [0.25, 0.3) is 5.65 Å². The summed E-state index contributed by atoms with van der Waals surface area (Å²) in [6, 6.07) is 13.8. The lowest BCUT2D eigenvalue weighted by Crippen LogP contribution is -2.44. The first-order valence-corrected chi connectivity index (χ1v) is 8.80. The van der Waals surface area contributed by atoms with Gasteiger partial charge in [0.25, 0.3) is 0 Å². The van der Waals surface area contributed by atoms with Crippen molar-refractivity contribution in [2.75, 3.05) is 25.0 Å². The van der Waals surface area contributed by atoms with Gasteiger partial charge >= 0.3 is 0 Å². The number of fused-ring (bicyclic) bond motifs is 1. The number of nitrogens with zero attached hydrogens (tertiary/aromatic N) is 7. The van der Waals surface area contributed by atoms with Crippen molar-refractivity contribution in [3.63, 3.8) is 0 Å². The zero-order valence-electron chi connectivity index (χ0n) is 14.7. The molecule has 1 aliphatic rings. The highest BCUT2D eigenvalue weighted by Gasteiger charge is 2.28. The lowest BCUT2D eigenvalue weighted by molar-refractivity contribution is -0.135. The maximum absolute atomic E-state index is 12.9. The summed E-state index contributed by atoms with van der Waals surface area (Å²) in [6.45, 7) is 2.18. The number of carbonyl (C=O) groups is 1. The molecule has 0 N–H and O–H groups in total. The van der Waals surface area contributed by atoms with Gasteiger partial charge in [-0.05, 0) is 41.0 Å². The van der Waals surface area contributed by atoms with Crippen LogP contribution in [0.3, 0.4) is 0 Å². The van der Waals surface area contributed by atoms with E-state index in [9.17, 15) is 4.79 Å². The van der Waals surface area contributed by atoms with Crippen molar-refractivity contribution in [1.29, 1.82) is 0 Å². The van der Waals surface area contributed by atoms with Gasteiger partial charge in [-0.3, -0.25) is 4.79 Å². The van der Waals surface area contributed by atoms with Crippen molar-refractivity contribution in [2.45, 2.75) is 19.4 Å². The third-order valence-electron chi connectivity index (χ3n) is 4.79. The maximum Gasteiger partial charge on any atom is 0.227 e. The normalized spacial score (nSPS) is 17.4. The van der Waals surface area contributed by atoms with Crippen molar-refractivity contribution >= 4 is 17.4 Å². The number of tetrazole rings is 1. The molecule has 1 aromatic carbocycles. The molecular formula is C18H21N7O. The number of rotatable bonds is 4. The van der Waals surface area contributed by atoms with Crippen LogP contribution in [-0.4, -0.2) is 56.2 Å². The minimum absolute atomic E-state index is 0.0242. The van der Waals surface area contributed by atoms with E-state index in [2.05, 4.69) is 25.5 Å². The molecule has 1 saturated heterocycles. The first-order valence-electron chi connectivity index (χ1n) is 8.80. The third-order valence-corrected chi connectivity index (χ3v) is 4.79. The van der Waals surface area contributed by atoms with Gasteiger partial charge in [-0.25, -0.2) is 0 Å². The van der Waals surface area contributed by atoms with Gasteiger partial charge in [0.05, 0.1) is 5.92 Å². The van der Waals surface area contributed by atoms with E-state index in [1.54, 1.807) is 0 Å². The van der Waals surface area contributed by atoms with E-state index >= 15 is 0 Å². The van der Waals surface area contributed by atoms with E-state index < -0.39 is 0 Å². The molecule has 1 atom stereocenters. The number of benzene rings is 1. The average molecular weight is 351 g/mol. The van der Waals surface area contributed by atoms with Gasteiger partial charge in [-0.1, -0.05) is 30.3 Å². The van der Waals surface area contributed by atoms with Gasteiger partial charge in [0.15, 0.2) is 11.5 Å². The van der Waals surface area contributed by atoms with E-state index in [4.69, 9.17) is 0 Å². The molecule has 8 heteroatoms. The van der Waals surface area contributed by atoms with Crippen molar-refractivity contribution in [3.8, 4) is 0 Å². The Morgan fingerprint density at radius 3 is 2.92 bits per heavy atom. The highest BCUT2D eigenvalue weighted by atomic mass is 16.2. The summed E-state index contributed by atoms with van der Waals surface area (Å²) in [4.78, 5) is 16.9. The van der Waals surface area contributed by atoms with Crippen LogP contribution in [0.1, 0.15) is 18.4 Å². The number of carbonyl (C=O) groups excluding carboxylic acids is 1. The van der Waals surface area contributed by atoms with E-state index in [0.717, 1.165) is 30.8 Å². The Morgan fingerprint density at radius 2 is 2.08 bits per heavy atom. The van der Waals surface area contributed by atoms with Crippen LogP contribution in [0, 0.1) is 5.92 Å². The quantitative estimate of drug-likeness (QED) is 0.707. The molecule has 0 bridgehead atoms. The standard InChI is InChI=1S/C18H21N7O/c1-23(12-14-6-3-2-4-7-14)18(26)15-8-5-11-24(13-15)17-10-9-16-19-21-22-25(16)20-17/h2-4,6-7,9-10,15H,5,8,11-13H2,1H3/t15-/m0/s1. The van der Waals surface area contributed by atoms with Gasteiger partial charge < -0.3 is 9.80 Å². The minimum Gasteiger partial charge on any atom is -0.354 e. The van der Waals surface area contributed by atoms with Crippen LogP contribution in [-0.2, 0) is 11.3 Å². The van der Waals surface area contributed by atoms with E-state index in [-0.39, 0.29) is 11.8 Å². The molecule has 1 aliphatic heterocycles. The molecule has 0 radical (unpaired) electrons. The number of amides is 1. The monoisotopic (exact) mass is 351 g/mol. The number of anilines is 1. The summed E-state index contributed by atoms with van der Waals surface area (Å²) in [5.41, 5.74) is 1.75. The summed E-state index contributed by atoms with van der Waals surface area (Å²) < 4.78 is 1.42. The van der Waals surface area contributed by atoms with E-state index in [0.29, 0.717) is 18.7 Å². The smallest absolute Gasteiger partial charge is 0.227 e. The molecule has 4 rings (SSSR count). The summed E-state index contributed by atoms with van der Waals surface area (Å²) in [6.07, 6.45) is 1.87. The Morgan fingerprint density at radius 1 is 1.23 bits per heavy atom. The molecule has 3 heterocycles. The van der Waals surface area contributed by atoms with E-state index in [1.165, 1.54) is 4.63 Å². The largest absolute Gasteiger partial charge is 0.354 e. The molecule has 3 aromatic rings. The Balaban J connectivity index is 1.44. The third kappa shape index (κ3) is 3.35. The number of aromatic nitrogens is 5. The first-order chi connectivity index (χ1) is 12.7. The fraction of sp³-hybridized carbons (Fsp3) is 0.389. The van der Waals surface area contributed by atoms with Crippen molar-refractivity contribution in [1.82, 2.24) is 30.2 Å². The molecule has 0 unspecified atom stereocenters. The first kappa shape index (κ1) is 16.4. The topological polar surface area (TPSA) is 79.5 Å². The van der Waals surface area contributed by atoms with E-state index in [1.807, 2.05) is 54.4 Å². The van der Waals surface area contributed by atoms with Crippen LogP contribution in [0.5, 0.6) is 0 Å². The highest BCUT2D eigenvalue weighted by molar-refractivity contribution is 5.79. The lowest BCUT2D eigenvalue weighted by atomic mass is 9.96. The van der Waals surface area contributed by atoms with Crippen LogP contribution < -0.4 is 4.90 Å². The fourth-order valence-electron chi connectivity index (χ4n) is 3.44. The number of piperidine rings is 1. The molecule has 134 valence electrons.